The van der Waals surface area contributed by atoms with Gasteiger partial charge in [0.25, 0.3) is 5.91 Å². The summed E-state index contributed by atoms with van der Waals surface area (Å²) in [5, 5.41) is 7.43. The maximum Gasteiger partial charge on any atom is 0.258 e. The van der Waals surface area contributed by atoms with Crippen LogP contribution in [0.2, 0.25) is 5.02 Å². The van der Waals surface area contributed by atoms with Gasteiger partial charge in [-0.1, -0.05) is 11.6 Å². The van der Waals surface area contributed by atoms with Crippen LogP contribution >= 0.6 is 27.5 Å². The number of aryl methyl sites for hydroxylation is 2. The number of nitrogens with two attached hydrogens (primary N) is 1. The lowest BCUT2D eigenvalue weighted by Gasteiger charge is -2.08. The summed E-state index contributed by atoms with van der Waals surface area (Å²) in [6.45, 7) is 1.78. The van der Waals surface area contributed by atoms with E-state index in [-0.39, 0.29) is 5.91 Å². The van der Waals surface area contributed by atoms with Crippen molar-refractivity contribution in [2.24, 2.45) is 7.05 Å². The molecule has 0 atom stereocenters. The van der Waals surface area contributed by atoms with E-state index in [1.807, 2.05) is 0 Å². The first kappa shape index (κ1) is 13.9. The van der Waals surface area contributed by atoms with E-state index >= 15 is 0 Å². The molecule has 0 spiro atoms. The van der Waals surface area contributed by atoms with Crippen LogP contribution in [-0.4, -0.2) is 15.7 Å². The molecular weight excluding hydrogens is 332 g/mol. The van der Waals surface area contributed by atoms with Crippen LogP contribution in [0.1, 0.15) is 16.1 Å². The lowest BCUT2D eigenvalue weighted by atomic mass is 10.2. The maximum absolute atomic E-state index is 12.2. The van der Waals surface area contributed by atoms with E-state index in [4.69, 9.17) is 17.3 Å². The molecule has 0 unspecified atom stereocenters. The molecule has 0 saturated carbocycles. The Morgan fingerprint density at radius 2 is 2.21 bits per heavy atom. The SMILES string of the molecule is Cc1nn(C)c(NC(=O)c2ccc(Cl)cc2Br)c1N. The van der Waals surface area contributed by atoms with Gasteiger partial charge in [0.2, 0.25) is 0 Å². The zero-order valence-electron chi connectivity index (χ0n) is 10.4. The van der Waals surface area contributed by atoms with Crippen molar-refractivity contribution in [2.45, 2.75) is 6.92 Å². The molecule has 2 rings (SSSR count). The average molecular weight is 344 g/mol. The molecule has 1 heterocycles. The summed E-state index contributed by atoms with van der Waals surface area (Å²) in [7, 11) is 1.72. The number of hydrogen-bond acceptors (Lipinski definition) is 3. The highest BCUT2D eigenvalue weighted by molar-refractivity contribution is 9.10. The molecule has 1 aromatic heterocycles. The van der Waals surface area contributed by atoms with Crippen molar-refractivity contribution in [3.63, 3.8) is 0 Å². The third-order valence-electron chi connectivity index (χ3n) is 2.68. The van der Waals surface area contributed by atoms with Crippen LogP contribution in [0.3, 0.4) is 0 Å². The van der Waals surface area contributed by atoms with Gasteiger partial charge >= 0.3 is 0 Å². The molecule has 0 fully saturated rings. The second-order valence-electron chi connectivity index (χ2n) is 4.05. The molecule has 0 aliphatic carbocycles. The summed E-state index contributed by atoms with van der Waals surface area (Å²) in [6, 6.07) is 4.95. The first-order valence-electron chi connectivity index (χ1n) is 5.45. The van der Waals surface area contributed by atoms with Gasteiger partial charge in [-0.2, -0.15) is 5.10 Å². The Morgan fingerprint density at radius 1 is 1.53 bits per heavy atom. The lowest BCUT2D eigenvalue weighted by molar-refractivity contribution is 0.102. The predicted molar refractivity (Wildman–Crippen MR) is 79.5 cm³/mol. The van der Waals surface area contributed by atoms with Crippen LogP contribution in [0.5, 0.6) is 0 Å². The molecule has 3 N–H and O–H groups in total. The minimum atomic E-state index is -0.279. The van der Waals surface area contributed by atoms with Crippen molar-refractivity contribution < 1.29 is 4.79 Å². The summed E-state index contributed by atoms with van der Waals surface area (Å²) in [4.78, 5) is 12.2. The Bertz CT molecular complexity index is 653. The Balaban J connectivity index is 2.31. The number of carbonyl (C=O) groups excluding carboxylic acids is 1. The Labute approximate surface area is 123 Å². The van der Waals surface area contributed by atoms with E-state index in [9.17, 15) is 4.79 Å². The molecule has 0 saturated heterocycles. The van der Waals surface area contributed by atoms with Crippen LogP contribution in [0.25, 0.3) is 0 Å². The Morgan fingerprint density at radius 3 is 2.74 bits per heavy atom. The quantitative estimate of drug-likeness (QED) is 0.880. The van der Waals surface area contributed by atoms with Gasteiger partial charge in [-0.15, -0.1) is 0 Å². The number of hydrogen-bond donors (Lipinski definition) is 2. The third-order valence-corrected chi connectivity index (χ3v) is 3.57. The normalized spacial score (nSPS) is 10.5. The zero-order valence-corrected chi connectivity index (χ0v) is 12.7. The number of aromatic nitrogens is 2. The molecular formula is C12H12BrClN4O. The molecule has 0 aliphatic rings. The number of nitrogen functional groups attached to an aromatic ring is 1. The Kier molecular flexibility index (Phi) is 3.82. The largest absolute Gasteiger partial charge is 0.394 e. The van der Waals surface area contributed by atoms with Gasteiger partial charge in [0.15, 0.2) is 5.82 Å². The number of anilines is 2. The van der Waals surface area contributed by atoms with Crippen molar-refractivity contribution in [2.75, 3.05) is 11.1 Å². The number of carbonyl (C=O) groups is 1. The number of nitrogens with one attached hydrogen (secondary N) is 1. The molecule has 100 valence electrons. The molecule has 1 amide bonds. The molecule has 5 nitrogen and oxygen atoms in total. The van der Waals surface area contributed by atoms with Gasteiger partial charge in [0.05, 0.1) is 16.9 Å². The highest BCUT2D eigenvalue weighted by Gasteiger charge is 2.16. The average Bonchev–Trinajstić information content (AvgIpc) is 2.56. The van der Waals surface area contributed by atoms with E-state index in [0.29, 0.717) is 32.3 Å². The van der Waals surface area contributed by atoms with Gasteiger partial charge < -0.3 is 11.1 Å². The Hall–Kier alpha value is -1.53. The highest BCUT2D eigenvalue weighted by atomic mass is 79.9. The molecule has 0 bridgehead atoms. The number of rotatable bonds is 2. The van der Waals surface area contributed by atoms with Crippen molar-refractivity contribution >= 4 is 44.9 Å². The van der Waals surface area contributed by atoms with E-state index in [0.717, 1.165) is 0 Å². The van der Waals surface area contributed by atoms with E-state index in [1.54, 1.807) is 32.2 Å². The molecule has 1 aromatic carbocycles. The second-order valence-corrected chi connectivity index (χ2v) is 5.34. The fourth-order valence-electron chi connectivity index (χ4n) is 1.67. The maximum atomic E-state index is 12.2. The van der Waals surface area contributed by atoms with Crippen LogP contribution in [-0.2, 0) is 7.05 Å². The second kappa shape index (κ2) is 5.22. The molecule has 19 heavy (non-hydrogen) atoms. The van der Waals surface area contributed by atoms with E-state index in [1.165, 1.54) is 4.68 Å². The first-order valence-corrected chi connectivity index (χ1v) is 6.62. The van der Waals surface area contributed by atoms with Crippen LogP contribution in [0, 0.1) is 6.92 Å². The van der Waals surface area contributed by atoms with Gasteiger partial charge in [0, 0.05) is 16.5 Å². The fraction of sp³-hybridized carbons (Fsp3) is 0.167. The van der Waals surface area contributed by atoms with Crippen molar-refractivity contribution in [1.29, 1.82) is 0 Å². The van der Waals surface area contributed by atoms with E-state index in [2.05, 4.69) is 26.3 Å². The monoisotopic (exact) mass is 342 g/mol. The topological polar surface area (TPSA) is 72.9 Å². The highest BCUT2D eigenvalue weighted by Crippen LogP contribution is 2.25. The number of benzene rings is 1. The molecule has 2 aromatic rings. The van der Waals surface area contributed by atoms with Gasteiger partial charge in [0.1, 0.15) is 0 Å². The minimum absolute atomic E-state index is 0.279. The number of amides is 1. The summed E-state index contributed by atoms with van der Waals surface area (Å²) >= 11 is 9.14. The third kappa shape index (κ3) is 2.74. The smallest absolute Gasteiger partial charge is 0.258 e. The van der Waals surface area contributed by atoms with Crippen molar-refractivity contribution in [3.8, 4) is 0 Å². The van der Waals surface area contributed by atoms with Gasteiger partial charge in [-0.3, -0.25) is 9.48 Å². The summed E-state index contributed by atoms with van der Waals surface area (Å²) in [6.07, 6.45) is 0. The zero-order chi connectivity index (χ0) is 14.2. The summed E-state index contributed by atoms with van der Waals surface area (Å²) < 4.78 is 2.15. The van der Waals surface area contributed by atoms with Crippen molar-refractivity contribution in [3.05, 3.63) is 39.0 Å². The van der Waals surface area contributed by atoms with Gasteiger partial charge in [-0.25, -0.2) is 0 Å². The van der Waals surface area contributed by atoms with Crippen LogP contribution in [0.15, 0.2) is 22.7 Å². The predicted octanol–water partition coefficient (Wildman–Crippen LogP) is 2.98. The van der Waals surface area contributed by atoms with Crippen LogP contribution in [0.4, 0.5) is 11.5 Å². The molecule has 0 aliphatic heterocycles. The standard InChI is InChI=1S/C12H12BrClN4O/c1-6-10(15)11(18(2)17-6)16-12(19)8-4-3-7(14)5-9(8)13/h3-5H,15H2,1-2H3,(H,16,19). The van der Waals surface area contributed by atoms with Crippen molar-refractivity contribution in [1.82, 2.24) is 9.78 Å². The fourth-order valence-corrected chi connectivity index (χ4v) is 2.53. The van der Waals surface area contributed by atoms with Crippen LogP contribution < -0.4 is 11.1 Å². The first-order chi connectivity index (χ1) is 8.90. The number of nitrogens with zero attached hydrogens (tertiary/aromatic N) is 2. The summed E-state index contributed by atoms with van der Waals surface area (Å²) in [5.41, 5.74) is 7.47. The van der Waals surface area contributed by atoms with E-state index < -0.39 is 0 Å². The molecule has 0 radical (unpaired) electrons. The minimum Gasteiger partial charge on any atom is -0.394 e. The number of halogens is 2. The molecule has 7 heteroatoms. The lowest BCUT2D eigenvalue weighted by Crippen LogP contribution is -2.16. The van der Waals surface area contributed by atoms with Gasteiger partial charge in [-0.05, 0) is 41.1 Å². The summed E-state index contributed by atoms with van der Waals surface area (Å²) in [5.74, 6) is 0.197.